The van der Waals surface area contributed by atoms with E-state index in [1.807, 2.05) is 0 Å². The Balaban J connectivity index is 4.16. The molecule has 0 aliphatic rings. The Morgan fingerprint density at radius 3 is 2.07 bits per heavy atom. The van der Waals surface area contributed by atoms with Gasteiger partial charge in [-0.3, -0.25) is 9.59 Å². The van der Waals surface area contributed by atoms with Crippen LogP contribution in [0.15, 0.2) is 0 Å². The largest absolute Gasteiger partial charge is 0.465 e. The van der Waals surface area contributed by atoms with Crippen molar-refractivity contribution in [1.82, 2.24) is 0 Å². The summed E-state index contributed by atoms with van der Waals surface area (Å²) >= 11 is 8.64. The molecule has 2 atom stereocenters. The summed E-state index contributed by atoms with van der Waals surface area (Å²) in [6.07, 6.45) is 0. The van der Waals surface area contributed by atoms with E-state index in [0.717, 1.165) is 0 Å². The number of ether oxygens (including phenoxy) is 2. The molecule has 0 rings (SSSR count). The number of hydrogen-bond acceptors (Lipinski definition) is 4. The first-order chi connectivity index (χ1) is 6.54. The zero-order chi connectivity index (χ0) is 11.1. The van der Waals surface area contributed by atoms with Crippen LogP contribution in [0.1, 0.15) is 13.8 Å². The van der Waals surface area contributed by atoms with Crippen molar-refractivity contribution in [3.8, 4) is 0 Å². The minimum absolute atomic E-state index is 0.227. The highest BCUT2D eigenvalue weighted by molar-refractivity contribution is 9.10. The predicted octanol–water partition coefficient (Wildman–Crippen LogP) is 1.48. The van der Waals surface area contributed by atoms with Crippen LogP contribution in [0.4, 0.5) is 0 Å². The van der Waals surface area contributed by atoms with Crippen LogP contribution in [-0.2, 0) is 19.1 Å². The van der Waals surface area contributed by atoms with Crippen LogP contribution in [0, 0.1) is 0 Å². The summed E-state index contributed by atoms with van der Waals surface area (Å²) in [5.74, 6) is -1.20. The summed E-state index contributed by atoms with van der Waals surface area (Å²) in [6, 6.07) is 0. The molecule has 0 N–H and O–H groups in total. The summed E-state index contributed by atoms with van der Waals surface area (Å²) in [5, 5.41) is -1.06. The molecule has 0 saturated carbocycles. The van der Waals surface area contributed by atoms with E-state index in [0.29, 0.717) is 0 Å². The van der Waals surface area contributed by atoms with Gasteiger partial charge in [-0.15, -0.1) is 11.6 Å². The fourth-order valence-electron chi connectivity index (χ4n) is 0.683. The van der Waals surface area contributed by atoms with Crippen LogP contribution in [0.2, 0.25) is 0 Å². The maximum atomic E-state index is 11.1. The summed E-state index contributed by atoms with van der Waals surface area (Å²) in [4.78, 5) is 21.4. The van der Waals surface area contributed by atoms with Gasteiger partial charge in [0.1, 0.15) is 4.83 Å². The zero-order valence-corrected chi connectivity index (χ0v) is 10.3. The number of hydrogen-bond donors (Lipinski definition) is 0. The summed E-state index contributed by atoms with van der Waals surface area (Å²) in [6.45, 7) is 3.80. The van der Waals surface area contributed by atoms with Crippen LogP contribution < -0.4 is 0 Å². The van der Waals surface area contributed by atoms with E-state index in [2.05, 4.69) is 25.4 Å². The lowest BCUT2D eigenvalue weighted by Gasteiger charge is -2.13. The lowest BCUT2D eigenvalue weighted by molar-refractivity contribution is -0.148. The fourth-order valence-corrected chi connectivity index (χ4v) is 1.20. The quantitative estimate of drug-likeness (QED) is 0.568. The number of halogens is 2. The maximum Gasteiger partial charge on any atom is 0.325 e. The molecule has 0 fully saturated rings. The Hall–Kier alpha value is -0.290. The van der Waals surface area contributed by atoms with Crippen molar-refractivity contribution >= 4 is 39.5 Å². The van der Waals surface area contributed by atoms with Crippen molar-refractivity contribution < 1.29 is 19.1 Å². The van der Waals surface area contributed by atoms with Crippen LogP contribution >= 0.6 is 27.5 Å². The standard InChI is InChI=1S/C8H12BrClO4/c1-3-13-7(11)5(9)6(10)8(12)14-4-2/h5-6H,3-4H2,1-2H3/t5-,6+/m1/s1. The lowest BCUT2D eigenvalue weighted by atomic mass is 10.3. The number of esters is 2. The molecule has 0 amide bonds. The van der Waals surface area contributed by atoms with E-state index < -0.39 is 22.1 Å². The van der Waals surface area contributed by atoms with Crippen molar-refractivity contribution in [3.63, 3.8) is 0 Å². The van der Waals surface area contributed by atoms with Gasteiger partial charge in [0.15, 0.2) is 5.38 Å². The highest BCUT2D eigenvalue weighted by Crippen LogP contribution is 2.15. The molecule has 0 aromatic heterocycles. The average Bonchev–Trinajstić information content (AvgIpc) is 2.16. The molecule has 0 aliphatic heterocycles. The van der Waals surface area contributed by atoms with E-state index >= 15 is 0 Å². The van der Waals surface area contributed by atoms with E-state index in [9.17, 15) is 9.59 Å². The molecule has 14 heavy (non-hydrogen) atoms. The van der Waals surface area contributed by atoms with Gasteiger partial charge in [0.25, 0.3) is 0 Å². The van der Waals surface area contributed by atoms with Crippen molar-refractivity contribution in [2.24, 2.45) is 0 Å². The third kappa shape index (κ3) is 4.28. The molecule has 82 valence electrons. The van der Waals surface area contributed by atoms with Crippen molar-refractivity contribution in [1.29, 1.82) is 0 Å². The SMILES string of the molecule is CCOC(=O)[C@@H](Cl)[C@@H](Br)C(=O)OCC. The predicted molar refractivity (Wildman–Crippen MR) is 55.6 cm³/mol. The van der Waals surface area contributed by atoms with Gasteiger partial charge in [0, 0.05) is 0 Å². The number of carbonyl (C=O) groups is 2. The molecular formula is C8H12BrClO4. The molecule has 0 aromatic carbocycles. The molecule has 4 nitrogen and oxygen atoms in total. The van der Waals surface area contributed by atoms with E-state index in [4.69, 9.17) is 11.6 Å². The lowest BCUT2D eigenvalue weighted by Crippen LogP contribution is -2.33. The van der Waals surface area contributed by atoms with Gasteiger partial charge in [0.05, 0.1) is 13.2 Å². The monoisotopic (exact) mass is 286 g/mol. The summed E-state index contributed by atoms with van der Waals surface area (Å²) < 4.78 is 9.32. The van der Waals surface area contributed by atoms with E-state index in [-0.39, 0.29) is 13.2 Å². The Bertz CT molecular complexity index is 188. The highest BCUT2D eigenvalue weighted by atomic mass is 79.9. The van der Waals surface area contributed by atoms with Crippen molar-refractivity contribution in [3.05, 3.63) is 0 Å². The molecule has 0 heterocycles. The van der Waals surface area contributed by atoms with Crippen LogP contribution in [0.5, 0.6) is 0 Å². The fraction of sp³-hybridized carbons (Fsp3) is 0.750. The molecular weight excluding hydrogens is 275 g/mol. The Morgan fingerprint density at radius 1 is 1.21 bits per heavy atom. The maximum absolute atomic E-state index is 11.1. The molecule has 6 heteroatoms. The number of carbonyl (C=O) groups excluding carboxylic acids is 2. The first kappa shape index (κ1) is 13.7. The second-order valence-corrected chi connectivity index (χ2v) is 3.76. The molecule has 0 unspecified atom stereocenters. The van der Waals surface area contributed by atoms with Gasteiger partial charge in [0.2, 0.25) is 0 Å². The Morgan fingerprint density at radius 2 is 1.64 bits per heavy atom. The number of rotatable bonds is 5. The van der Waals surface area contributed by atoms with Crippen molar-refractivity contribution in [2.75, 3.05) is 13.2 Å². The molecule has 0 bridgehead atoms. The van der Waals surface area contributed by atoms with E-state index in [1.54, 1.807) is 13.8 Å². The summed E-state index contributed by atoms with van der Waals surface area (Å²) in [5.41, 5.74) is 0. The second-order valence-electron chi connectivity index (χ2n) is 2.31. The Kier molecular flexibility index (Phi) is 6.92. The average molecular weight is 288 g/mol. The normalized spacial score (nSPS) is 14.3. The van der Waals surface area contributed by atoms with Gasteiger partial charge in [-0.1, -0.05) is 15.9 Å². The molecule has 0 aliphatic carbocycles. The smallest absolute Gasteiger partial charge is 0.325 e. The second kappa shape index (κ2) is 7.06. The molecule has 0 radical (unpaired) electrons. The Labute approximate surface area is 96.0 Å². The third-order valence-electron chi connectivity index (χ3n) is 1.28. The first-order valence-electron chi connectivity index (χ1n) is 4.16. The molecule has 0 saturated heterocycles. The minimum atomic E-state index is -1.06. The van der Waals surface area contributed by atoms with Gasteiger partial charge >= 0.3 is 11.9 Å². The highest BCUT2D eigenvalue weighted by Gasteiger charge is 2.32. The third-order valence-corrected chi connectivity index (χ3v) is 2.92. The van der Waals surface area contributed by atoms with Crippen LogP contribution in [0.25, 0.3) is 0 Å². The van der Waals surface area contributed by atoms with Gasteiger partial charge in [-0.2, -0.15) is 0 Å². The van der Waals surface area contributed by atoms with Gasteiger partial charge in [-0.25, -0.2) is 0 Å². The topological polar surface area (TPSA) is 52.6 Å². The summed E-state index contributed by atoms with van der Waals surface area (Å²) in [7, 11) is 0. The molecule has 0 spiro atoms. The molecule has 0 aromatic rings. The minimum Gasteiger partial charge on any atom is -0.465 e. The van der Waals surface area contributed by atoms with Gasteiger partial charge < -0.3 is 9.47 Å². The van der Waals surface area contributed by atoms with Crippen LogP contribution in [-0.4, -0.2) is 35.4 Å². The van der Waals surface area contributed by atoms with Crippen molar-refractivity contribution in [2.45, 2.75) is 24.1 Å². The van der Waals surface area contributed by atoms with Gasteiger partial charge in [-0.05, 0) is 13.8 Å². The zero-order valence-electron chi connectivity index (χ0n) is 7.96. The van der Waals surface area contributed by atoms with Crippen LogP contribution in [0.3, 0.4) is 0 Å². The first-order valence-corrected chi connectivity index (χ1v) is 5.51. The number of alkyl halides is 2. The van der Waals surface area contributed by atoms with E-state index in [1.165, 1.54) is 0 Å².